The van der Waals surface area contributed by atoms with Crippen molar-refractivity contribution >= 4 is 5.96 Å². The molecule has 22 heavy (non-hydrogen) atoms. The fourth-order valence-electron chi connectivity index (χ4n) is 2.14. The first kappa shape index (κ1) is 16.0. The first-order chi connectivity index (χ1) is 10.7. The van der Waals surface area contributed by atoms with Gasteiger partial charge < -0.3 is 10.2 Å². The van der Waals surface area contributed by atoms with Crippen LogP contribution in [0.25, 0.3) is 0 Å². The molecule has 2 rings (SSSR count). The number of benzene rings is 1. The lowest BCUT2D eigenvalue weighted by atomic mass is 10.2. The molecule has 1 N–H and O–H groups in total. The van der Waals surface area contributed by atoms with Gasteiger partial charge >= 0.3 is 0 Å². The van der Waals surface area contributed by atoms with Crippen LogP contribution in [0.1, 0.15) is 12.5 Å². The molecule has 1 aromatic heterocycles. The van der Waals surface area contributed by atoms with E-state index in [-0.39, 0.29) is 5.82 Å². The largest absolute Gasteiger partial charge is 0.357 e. The molecule has 0 aliphatic heterocycles. The highest BCUT2D eigenvalue weighted by atomic mass is 19.1. The van der Waals surface area contributed by atoms with E-state index in [1.54, 1.807) is 18.3 Å². The van der Waals surface area contributed by atoms with Gasteiger partial charge in [0, 0.05) is 32.5 Å². The lowest BCUT2D eigenvalue weighted by Crippen LogP contribution is -2.38. The molecule has 0 atom stereocenters. The number of hydrogen-bond donors (Lipinski definition) is 1. The van der Waals surface area contributed by atoms with E-state index in [1.165, 1.54) is 6.07 Å². The lowest BCUT2D eigenvalue weighted by Gasteiger charge is -2.22. The Morgan fingerprint density at radius 2 is 2.27 bits per heavy atom. The standard InChI is InChI=1S/C16H22FN5/c1-3-18-16(19-9-11-22-10-5-8-20-22)21(2)13-14-6-4-7-15(17)12-14/h4-8,10,12H,3,9,11,13H2,1-2H3,(H,18,19). The van der Waals surface area contributed by atoms with E-state index in [4.69, 9.17) is 0 Å². The molecule has 0 unspecified atom stereocenters. The number of nitrogens with one attached hydrogen (secondary N) is 1. The minimum absolute atomic E-state index is 0.216. The molecule has 0 saturated carbocycles. The maximum absolute atomic E-state index is 13.3. The number of aliphatic imine (C=N–C) groups is 1. The molecule has 0 radical (unpaired) electrons. The molecule has 0 bridgehead atoms. The lowest BCUT2D eigenvalue weighted by molar-refractivity contribution is 0.473. The van der Waals surface area contributed by atoms with Crippen molar-refractivity contribution in [1.29, 1.82) is 0 Å². The summed E-state index contributed by atoms with van der Waals surface area (Å²) in [5.74, 6) is 0.588. The van der Waals surface area contributed by atoms with E-state index in [0.29, 0.717) is 13.1 Å². The summed E-state index contributed by atoms with van der Waals surface area (Å²) in [5.41, 5.74) is 0.917. The molecule has 118 valence electrons. The van der Waals surface area contributed by atoms with Crippen molar-refractivity contribution in [2.45, 2.75) is 20.0 Å². The van der Waals surface area contributed by atoms with E-state index >= 15 is 0 Å². The highest BCUT2D eigenvalue weighted by molar-refractivity contribution is 5.79. The van der Waals surface area contributed by atoms with Crippen molar-refractivity contribution in [1.82, 2.24) is 20.0 Å². The monoisotopic (exact) mass is 303 g/mol. The third-order valence-electron chi connectivity index (χ3n) is 3.16. The number of guanidine groups is 1. The minimum atomic E-state index is -0.216. The number of hydrogen-bond acceptors (Lipinski definition) is 2. The summed E-state index contributed by atoms with van der Waals surface area (Å²) in [6, 6.07) is 8.52. The maximum Gasteiger partial charge on any atom is 0.194 e. The normalized spacial score (nSPS) is 11.5. The van der Waals surface area contributed by atoms with Gasteiger partial charge in [0.15, 0.2) is 5.96 Å². The van der Waals surface area contributed by atoms with E-state index < -0.39 is 0 Å². The fraction of sp³-hybridized carbons (Fsp3) is 0.375. The number of aromatic nitrogens is 2. The third-order valence-corrected chi connectivity index (χ3v) is 3.16. The molecule has 0 amide bonds. The molecule has 0 aliphatic rings. The van der Waals surface area contributed by atoms with Gasteiger partial charge in [-0.05, 0) is 30.7 Å². The van der Waals surface area contributed by atoms with E-state index in [9.17, 15) is 4.39 Å². The van der Waals surface area contributed by atoms with Crippen LogP contribution in [0.15, 0.2) is 47.7 Å². The van der Waals surface area contributed by atoms with Gasteiger partial charge in [0.1, 0.15) is 5.82 Å². The average molecular weight is 303 g/mol. The molecule has 6 heteroatoms. The summed E-state index contributed by atoms with van der Waals surface area (Å²) in [7, 11) is 1.94. The second-order valence-corrected chi connectivity index (χ2v) is 4.99. The zero-order valence-corrected chi connectivity index (χ0v) is 13.0. The van der Waals surface area contributed by atoms with Gasteiger partial charge in [-0.3, -0.25) is 9.67 Å². The van der Waals surface area contributed by atoms with Crippen molar-refractivity contribution < 1.29 is 4.39 Å². The summed E-state index contributed by atoms with van der Waals surface area (Å²) < 4.78 is 15.1. The van der Waals surface area contributed by atoms with Crippen LogP contribution in [-0.4, -0.2) is 40.8 Å². The maximum atomic E-state index is 13.3. The van der Waals surface area contributed by atoms with Crippen LogP contribution in [0.5, 0.6) is 0 Å². The van der Waals surface area contributed by atoms with Gasteiger partial charge in [-0.15, -0.1) is 0 Å². The van der Waals surface area contributed by atoms with Crippen LogP contribution in [0, 0.1) is 5.82 Å². The van der Waals surface area contributed by atoms with Crippen LogP contribution < -0.4 is 5.32 Å². The molecule has 0 aliphatic carbocycles. The van der Waals surface area contributed by atoms with Crippen molar-refractivity contribution in [2.24, 2.45) is 4.99 Å². The number of nitrogens with zero attached hydrogens (tertiary/aromatic N) is 4. The molecular formula is C16H22FN5. The Morgan fingerprint density at radius 3 is 2.95 bits per heavy atom. The highest BCUT2D eigenvalue weighted by Crippen LogP contribution is 2.06. The molecule has 0 saturated heterocycles. The molecule has 1 heterocycles. The smallest absolute Gasteiger partial charge is 0.194 e. The molecule has 0 spiro atoms. The Hall–Kier alpha value is -2.37. The zero-order valence-electron chi connectivity index (χ0n) is 13.0. The van der Waals surface area contributed by atoms with Crippen molar-refractivity contribution in [2.75, 3.05) is 20.1 Å². The average Bonchev–Trinajstić information content (AvgIpc) is 2.99. The Morgan fingerprint density at radius 1 is 1.41 bits per heavy atom. The van der Waals surface area contributed by atoms with Crippen molar-refractivity contribution in [3.8, 4) is 0 Å². The Bertz CT molecular complexity index is 594. The molecule has 0 fully saturated rings. The van der Waals surface area contributed by atoms with E-state index in [0.717, 1.165) is 24.6 Å². The number of halogens is 1. The highest BCUT2D eigenvalue weighted by Gasteiger charge is 2.06. The van der Waals surface area contributed by atoms with E-state index in [1.807, 2.05) is 41.9 Å². The fourth-order valence-corrected chi connectivity index (χ4v) is 2.14. The predicted molar refractivity (Wildman–Crippen MR) is 86.1 cm³/mol. The third kappa shape index (κ3) is 4.87. The molecular weight excluding hydrogens is 281 g/mol. The molecule has 5 nitrogen and oxygen atoms in total. The Kier molecular flexibility index (Phi) is 5.94. The summed E-state index contributed by atoms with van der Waals surface area (Å²) in [6.07, 6.45) is 3.67. The summed E-state index contributed by atoms with van der Waals surface area (Å²) in [4.78, 5) is 6.57. The Balaban J connectivity index is 1.96. The Labute approximate surface area is 130 Å². The quantitative estimate of drug-likeness (QED) is 0.657. The molecule has 1 aromatic carbocycles. The second-order valence-electron chi connectivity index (χ2n) is 4.99. The summed E-state index contributed by atoms with van der Waals surface area (Å²) in [6.45, 7) is 4.78. The van der Waals surface area contributed by atoms with Crippen LogP contribution in [0.2, 0.25) is 0 Å². The zero-order chi connectivity index (χ0) is 15.8. The van der Waals surface area contributed by atoms with E-state index in [2.05, 4.69) is 15.4 Å². The topological polar surface area (TPSA) is 45.5 Å². The van der Waals surface area contributed by atoms with Crippen molar-refractivity contribution in [3.63, 3.8) is 0 Å². The predicted octanol–water partition coefficient (Wildman–Crippen LogP) is 2.12. The minimum Gasteiger partial charge on any atom is -0.357 e. The molecule has 2 aromatic rings. The first-order valence-electron chi connectivity index (χ1n) is 7.40. The van der Waals surface area contributed by atoms with Crippen LogP contribution >= 0.6 is 0 Å². The van der Waals surface area contributed by atoms with Gasteiger partial charge in [-0.25, -0.2) is 4.39 Å². The SMILES string of the molecule is CCNC(=NCCn1cccn1)N(C)Cc1cccc(F)c1. The second kappa shape index (κ2) is 8.17. The van der Waals surface area contributed by atoms with Crippen LogP contribution in [0.3, 0.4) is 0 Å². The van der Waals surface area contributed by atoms with Gasteiger partial charge in [-0.2, -0.15) is 5.10 Å². The number of rotatable bonds is 6. The van der Waals surface area contributed by atoms with Crippen LogP contribution in [0.4, 0.5) is 4.39 Å². The van der Waals surface area contributed by atoms with Crippen molar-refractivity contribution in [3.05, 3.63) is 54.1 Å². The van der Waals surface area contributed by atoms with Gasteiger partial charge in [0.25, 0.3) is 0 Å². The van der Waals surface area contributed by atoms with Gasteiger partial charge in [-0.1, -0.05) is 12.1 Å². The van der Waals surface area contributed by atoms with Gasteiger partial charge in [0.2, 0.25) is 0 Å². The summed E-state index contributed by atoms with van der Waals surface area (Å²) in [5, 5.41) is 7.40. The first-order valence-corrected chi connectivity index (χ1v) is 7.40. The van der Waals surface area contributed by atoms with Gasteiger partial charge in [0.05, 0.1) is 13.1 Å². The van der Waals surface area contributed by atoms with Crippen LogP contribution in [-0.2, 0) is 13.1 Å². The summed E-state index contributed by atoms with van der Waals surface area (Å²) >= 11 is 0.